The molecule has 1 amide bonds. The highest BCUT2D eigenvalue weighted by molar-refractivity contribution is 5.76. The van der Waals surface area contributed by atoms with Crippen molar-refractivity contribution >= 4 is 5.91 Å². The molecule has 0 aromatic carbocycles. The Labute approximate surface area is 92.0 Å². The van der Waals surface area contributed by atoms with E-state index in [2.05, 4.69) is 17.6 Å². The zero-order valence-electron chi connectivity index (χ0n) is 9.64. The predicted molar refractivity (Wildman–Crippen MR) is 60.6 cm³/mol. The van der Waals surface area contributed by atoms with Crippen LogP contribution < -0.4 is 10.6 Å². The van der Waals surface area contributed by atoms with Crippen LogP contribution in [0.2, 0.25) is 0 Å². The van der Waals surface area contributed by atoms with E-state index >= 15 is 0 Å². The maximum atomic E-state index is 11.7. The molecule has 2 rings (SSSR count). The van der Waals surface area contributed by atoms with Crippen molar-refractivity contribution in [1.29, 1.82) is 0 Å². The summed E-state index contributed by atoms with van der Waals surface area (Å²) in [5.74, 6) is 0.824. The first-order valence-electron chi connectivity index (χ1n) is 6.21. The Kier molecular flexibility index (Phi) is 3.29. The Morgan fingerprint density at radius 3 is 2.87 bits per heavy atom. The van der Waals surface area contributed by atoms with Crippen LogP contribution in [0.4, 0.5) is 0 Å². The van der Waals surface area contributed by atoms with Crippen molar-refractivity contribution in [1.82, 2.24) is 10.6 Å². The lowest BCUT2D eigenvalue weighted by Gasteiger charge is -2.14. The van der Waals surface area contributed by atoms with Gasteiger partial charge in [0.25, 0.3) is 0 Å². The quantitative estimate of drug-likeness (QED) is 0.718. The Morgan fingerprint density at radius 1 is 1.53 bits per heavy atom. The van der Waals surface area contributed by atoms with Crippen LogP contribution in [0.25, 0.3) is 0 Å². The molecule has 1 atom stereocenters. The van der Waals surface area contributed by atoms with Gasteiger partial charge in [0.1, 0.15) is 0 Å². The maximum absolute atomic E-state index is 11.7. The van der Waals surface area contributed by atoms with Gasteiger partial charge in [-0.05, 0) is 50.1 Å². The van der Waals surface area contributed by atoms with Crippen molar-refractivity contribution in [2.45, 2.75) is 39.0 Å². The number of amides is 1. The van der Waals surface area contributed by atoms with E-state index in [0.717, 1.165) is 26.1 Å². The minimum atomic E-state index is 0.253. The van der Waals surface area contributed by atoms with Crippen molar-refractivity contribution < 1.29 is 4.79 Å². The van der Waals surface area contributed by atoms with E-state index < -0.39 is 0 Å². The molecular weight excluding hydrogens is 188 g/mol. The smallest absolute Gasteiger partial charge is 0.220 e. The van der Waals surface area contributed by atoms with Crippen molar-refractivity contribution in [2.75, 3.05) is 19.6 Å². The number of rotatable bonds is 5. The number of hydrogen-bond acceptors (Lipinski definition) is 2. The van der Waals surface area contributed by atoms with Crippen molar-refractivity contribution in [3.05, 3.63) is 0 Å². The molecule has 0 bridgehead atoms. The van der Waals surface area contributed by atoms with E-state index in [-0.39, 0.29) is 5.91 Å². The van der Waals surface area contributed by atoms with E-state index in [1.54, 1.807) is 0 Å². The normalized spacial score (nSPS) is 27.7. The summed E-state index contributed by atoms with van der Waals surface area (Å²) in [4.78, 5) is 11.7. The fourth-order valence-electron chi connectivity index (χ4n) is 2.34. The Balaban J connectivity index is 1.64. The SMILES string of the molecule is CCC1(CNC(=O)CC2CCNC2)CC1. The molecule has 1 saturated carbocycles. The first-order valence-corrected chi connectivity index (χ1v) is 6.21. The lowest BCUT2D eigenvalue weighted by Crippen LogP contribution is -2.31. The highest BCUT2D eigenvalue weighted by Crippen LogP contribution is 2.47. The third-order valence-electron chi connectivity index (χ3n) is 4.00. The van der Waals surface area contributed by atoms with Gasteiger partial charge in [0.15, 0.2) is 0 Å². The molecule has 2 aliphatic rings. The average molecular weight is 210 g/mol. The van der Waals surface area contributed by atoms with E-state index in [1.165, 1.54) is 19.3 Å². The fraction of sp³-hybridized carbons (Fsp3) is 0.917. The van der Waals surface area contributed by atoms with E-state index in [0.29, 0.717) is 17.8 Å². The average Bonchev–Trinajstić information content (AvgIpc) is 2.86. The third-order valence-corrected chi connectivity index (χ3v) is 4.00. The fourth-order valence-corrected chi connectivity index (χ4v) is 2.34. The second-order valence-corrected chi connectivity index (χ2v) is 5.19. The van der Waals surface area contributed by atoms with Gasteiger partial charge in [-0.1, -0.05) is 6.92 Å². The number of hydrogen-bond donors (Lipinski definition) is 2. The summed E-state index contributed by atoms with van der Waals surface area (Å²) in [7, 11) is 0. The molecule has 1 unspecified atom stereocenters. The van der Waals surface area contributed by atoms with Crippen LogP contribution in [0.3, 0.4) is 0 Å². The molecule has 0 radical (unpaired) electrons. The molecule has 0 aromatic heterocycles. The molecule has 86 valence electrons. The second-order valence-electron chi connectivity index (χ2n) is 5.19. The highest BCUT2D eigenvalue weighted by Gasteiger charge is 2.40. The van der Waals surface area contributed by atoms with E-state index in [1.807, 2.05) is 0 Å². The maximum Gasteiger partial charge on any atom is 0.220 e. The van der Waals surface area contributed by atoms with Gasteiger partial charge >= 0.3 is 0 Å². The third kappa shape index (κ3) is 2.94. The molecule has 1 aliphatic carbocycles. The van der Waals surface area contributed by atoms with Crippen molar-refractivity contribution in [2.24, 2.45) is 11.3 Å². The van der Waals surface area contributed by atoms with Crippen LogP contribution in [-0.2, 0) is 4.79 Å². The second kappa shape index (κ2) is 4.52. The van der Waals surface area contributed by atoms with Crippen molar-refractivity contribution in [3.63, 3.8) is 0 Å². The van der Waals surface area contributed by atoms with Gasteiger partial charge in [0.05, 0.1) is 0 Å². The van der Waals surface area contributed by atoms with Gasteiger partial charge < -0.3 is 10.6 Å². The van der Waals surface area contributed by atoms with E-state index in [9.17, 15) is 4.79 Å². The summed E-state index contributed by atoms with van der Waals surface area (Å²) in [6.45, 7) is 5.23. The van der Waals surface area contributed by atoms with Crippen molar-refractivity contribution in [3.8, 4) is 0 Å². The largest absolute Gasteiger partial charge is 0.356 e. The summed E-state index contributed by atoms with van der Waals surface area (Å²) >= 11 is 0. The molecule has 3 heteroatoms. The summed E-state index contributed by atoms with van der Waals surface area (Å²) < 4.78 is 0. The predicted octanol–water partition coefficient (Wildman–Crippen LogP) is 1.29. The molecule has 15 heavy (non-hydrogen) atoms. The molecule has 0 spiro atoms. The molecule has 0 aromatic rings. The van der Waals surface area contributed by atoms with Crippen LogP contribution >= 0.6 is 0 Å². The molecule has 2 fully saturated rings. The number of carbonyl (C=O) groups excluding carboxylic acids is 1. The van der Waals surface area contributed by atoms with Crippen LogP contribution in [0.15, 0.2) is 0 Å². The van der Waals surface area contributed by atoms with Gasteiger partial charge in [-0.25, -0.2) is 0 Å². The molecule has 1 heterocycles. The van der Waals surface area contributed by atoms with Gasteiger partial charge in [0, 0.05) is 13.0 Å². The Hall–Kier alpha value is -0.570. The van der Waals surface area contributed by atoms with Gasteiger partial charge in [0.2, 0.25) is 5.91 Å². The van der Waals surface area contributed by atoms with Crippen LogP contribution in [-0.4, -0.2) is 25.5 Å². The van der Waals surface area contributed by atoms with Gasteiger partial charge in [-0.2, -0.15) is 0 Å². The number of carbonyl (C=O) groups is 1. The summed E-state index contributed by atoms with van der Waals surface area (Å²) in [5, 5.41) is 6.39. The van der Waals surface area contributed by atoms with Crippen LogP contribution in [0.1, 0.15) is 39.0 Å². The van der Waals surface area contributed by atoms with Gasteiger partial charge in [-0.15, -0.1) is 0 Å². The number of nitrogens with one attached hydrogen (secondary N) is 2. The molecule has 1 aliphatic heterocycles. The minimum Gasteiger partial charge on any atom is -0.356 e. The first-order chi connectivity index (χ1) is 7.24. The lowest BCUT2D eigenvalue weighted by molar-refractivity contribution is -0.122. The lowest BCUT2D eigenvalue weighted by atomic mass is 10.0. The topological polar surface area (TPSA) is 41.1 Å². The Morgan fingerprint density at radius 2 is 2.33 bits per heavy atom. The Bertz CT molecular complexity index is 230. The van der Waals surface area contributed by atoms with E-state index in [4.69, 9.17) is 0 Å². The van der Waals surface area contributed by atoms with Crippen LogP contribution in [0.5, 0.6) is 0 Å². The van der Waals surface area contributed by atoms with Gasteiger partial charge in [-0.3, -0.25) is 4.79 Å². The highest BCUT2D eigenvalue weighted by atomic mass is 16.1. The minimum absolute atomic E-state index is 0.253. The van der Waals surface area contributed by atoms with Crippen LogP contribution in [0, 0.1) is 11.3 Å². The molecule has 3 nitrogen and oxygen atoms in total. The summed E-state index contributed by atoms with van der Waals surface area (Å²) in [6.07, 6.45) is 5.68. The zero-order valence-corrected chi connectivity index (χ0v) is 9.64. The zero-order chi connectivity index (χ0) is 10.7. The monoisotopic (exact) mass is 210 g/mol. The standard InChI is InChI=1S/C12H22N2O/c1-2-12(4-5-12)9-14-11(15)7-10-3-6-13-8-10/h10,13H,2-9H2,1H3,(H,14,15). The molecular formula is C12H22N2O. The molecule has 1 saturated heterocycles. The summed E-state index contributed by atoms with van der Waals surface area (Å²) in [6, 6.07) is 0. The first kappa shape index (κ1) is 10.9. The summed E-state index contributed by atoms with van der Waals surface area (Å²) in [5.41, 5.74) is 0.476. The molecule has 2 N–H and O–H groups in total.